The second-order valence-corrected chi connectivity index (χ2v) is 9.57. The highest BCUT2D eigenvalue weighted by Gasteiger charge is 2.16. The average molecular weight is 545 g/mol. The Balaban J connectivity index is 1.30. The fraction of sp³-hybridized carbons (Fsp3) is 0.233. The van der Waals surface area contributed by atoms with Gasteiger partial charge in [0.2, 0.25) is 5.95 Å². The molecule has 0 bridgehead atoms. The number of hydrogen-bond acceptors (Lipinski definition) is 7. The van der Waals surface area contributed by atoms with Crippen LogP contribution in [-0.4, -0.2) is 54.1 Å². The van der Waals surface area contributed by atoms with Crippen LogP contribution in [0, 0.1) is 18.6 Å². The molecule has 1 aliphatic rings. The molecular formula is C30H30F2N6O2. The van der Waals surface area contributed by atoms with Crippen LogP contribution in [0.3, 0.4) is 0 Å². The topological polar surface area (TPSA) is 91.4 Å². The number of carbonyl (C=O) groups excluding carboxylic acids is 1. The van der Waals surface area contributed by atoms with Crippen LogP contribution >= 0.6 is 0 Å². The normalized spacial score (nSPS) is 13.6. The Morgan fingerprint density at radius 2 is 1.80 bits per heavy atom. The van der Waals surface area contributed by atoms with E-state index in [2.05, 4.69) is 36.9 Å². The van der Waals surface area contributed by atoms with Crippen LogP contribution in [0.15, 0.2) is 66.9 Å². The zero-order chi connectivity index (χ0) is 28.1. The number of rotatable bonds is 8. The first-order valence-electron chi connectivity index (χ1n) is 13.0. The van der Waals surface area contributed by atoms with E-state index in [1.54, 1.807) is 12.1 Å². The second kappa shape index (κ2) is 12.2. The van der Waals surface area contributed by atoms with Gasteiger partial charge in [0.05, 0.1) is 19.0 Å². The number of piperazine rings is 1. The molecule has 0 atom stereocenters. The fourth-order valence-electron chi connectivity index (χ4n) is 4.50. The second-order valence-electron chi connectivity index (χ2n) is 9.57. The van der Waals surface area contributed by atoms with Gasteiger partial charge in [0.25, 0.3) is 5.91 Å². The first kappa shape index (κ1) is 27.2. The van der Waals surface area contributed by atoms with Crippen molar-refractivity contribution < 1.29 is 18.3 Å². The SMILES string of the molecule is COc1cnc(Nc2ccc(C(=O)Nc3cc(CN4CCNCC4)ccc3C)cc2F)nc1-c1ccc(F)cc1. The van der Waals surface area contributed by atoms with Crippen molar-refractivity contribution in [2.75, 3.05) is 43.9 Å². The van der Waals surface area contributed by atoms with Gasteiger partial charge in [0.1, 0.15) is 17.3 Å². The number of aryl methyl sites for hydroxylation is 1. The lowest BCUT2D eigenvalue weighted by Crippen LogP contribution is -2.42. The van der Waals surface area contributed by atoms with Crippen molar-refractivity contribution >= 4 is 23.2 Å². The quantitative estimate of drug-likeness (QED) is 0.283. The number of nitrogens with zero attached hydrogens (tertiary/aromatic N) is 3. The molecule has 0 unspecified atom stereocenters. The van der Waals surface area contributed by atoms with E-state index in [1.807, 2.05) is 19.1 Å². The molecule has 3 aromatic carbocycles. The first-order valence-corrected chi connectivity index (χ1v) is 13.0. The Morgan fingerprint density at radius 3 is 2.52 bits per heavy atom. The van der Waals surface area contributed by atoms with Crippen LogP contribution in [0.5, 0.6) is 5.75 Å². The number of amides is 1. The molecule has 0 spiro atoms. The van der Waals surface area contributed by atoms with E-state index >= 15 is 4.39 Å². The third-order valence-corrected chi connectivity index (χ3v) is 6.74. The van der Waals surface area contributed by atoms with E-state index in [4.69, 9.17) is 4.74 Å². The zero-order valence-electron chi connectivity index (χ0n) is 22.3. The molecule has 1 saturated heterocycles. The molecule has 206 valence electrons. The summed E-state index contributed by atoms with van der Waals surface area (Å²) in [6.45, 7) is 6.61. The van der Waals surface area contributed by atoms with E-state index in [-0.39, 0.29) is 23.0 Å². The molecule has 1 fully saturated rings. The number of aromatic nitrogens is 2. The highest BCUT2D eigenvalue weighted by Crippen LogP contribution is 2.30. The van der Waals surface area contributed by atoms with Gasteiger partial charge in [-0.1, -0.05) is 12.1 Å². The molecule has 3 N–H and O–H groups in total. The van der Waals surface area contributed by atoms with Gasteiger partial charge in [0.15, 0.2) is 5.75 Å². The number of ether oxygens (including phenoxy) is 1. The molecule has 1 aromatic heterocycles. The third kappa shape index (κ3) is 6.41. The number of anilines is 3. The van der Waals surface area contributed by atoms with Crippen molar-refractivity contribution in [3.05, 3.63) is 95.2 Å². The highest BCUT2D eigenvalue weighted by atomic mass is 19.1. The van der Waals surface area contributed by atoms with E-state index in [0.717, 1.165) is 43.9 Å². The highest BCUT2D eigenvalue weighted by molar-refractivity contribution is 6.05. The largest absolute Gasteiger partial charge is 0.493 e. The molecule has 4 aromatic rings. The number of nitrogens with one attached hydrogen (secondary N) is 3. The molecule has 0 saturated carbocycles. The summed E-state index contributed by atoms with van der Waals surface area (Å²) in [5.41, 5.74) is 4.03. The van der Waals surface area contributed by atoms with E-state index in [0.29, 0.717) is 22.7 Å². The standard InChI is InChI=1S/C30H30F2N6O2/c1-19-3-4-20(18-38-13-11-33-12-14-38)15-26(19)35-29(39)22-7-10-25(24(32)16-22)36-30-34-17-27(40-2)28(37-30)21-5-8-23(31)9-6-21/h3-10,15-17,33H,11-14,18H2,1-2H3,(H,35,39)(H,34,36,37). The monoisotopic (exact) mass is 544 g/mol. The predicted octanol–water partition coefficient (Wildman–Crippen LogP) is 5.14. The number of carbonyl (C=O) groups is 1. The maximum absolute atomic E-state index is 15.1. The van der Waals surface area contributed by atoms with E-state index < -0.39 is 11.7 Å². The van der Waals surface area contributed by atoms with Crippen LogP contribution in [0.25, 0.3) is 11.3 Å². The number of hydrogen-bond donors (Lipinski definition) is 3. The molecule has 1 amide bonds. The van der Waals surface area contributed by atoms with Crippen molar-refractivity contribution in [3.63, 3.8) is 0 Å². The third-order valence-electron chi connectivity index (χ3n) is 6.74. The maximum atomic E-state index is 15.1. The minimum absolute atomic E-state index is 0.0981. The summed E-state index contributed by atoms with van der Waals surface area (Å²) in [5, 5.41) is 9.11. The van der Waals surface area contributed by atoms with Crippen molar-refractivity contribution in [1.82, 2.24) is 20.2 Å². The molecule has 8 nitrogen and oxygen atoms in total. The maximum Gasteiger partial charge on any atom is 0.255 e. The molecular weight excluding hydrogens is 514 g/mol. The van der Waals surface area contributed by atoms with Crippen molar-refractivity contribution in [1.29, 1.82) is 0 Å². The van der Waals surface area contributed by atoms with E-state index in [9.17, 15) is 9.18 Å². The van der Waals surface area contributed by atoms with Gasteiger partial charge in [-0.05, 0) is 66.6 Å². The minimum atomic E-state index is -0.639. The van der Waals surface area contributed by atoms with Gasteiger partial charge in [-0.15, -0.1) is 0 Å². The van der Waals surface area contributed by atoms with Gasteiger partial charge < -0.3 is 20.7 Å². The predicted molar refractivity (Wildman–Crippen MR) is 151 cm³/mol. The summed E-state index contributed by atoms with van der Waals surface area (Å²) in [6.07, 6.45) is 1.45. The van der Waals surface area contributed by atoms with Crippen LogP contribution in [0.1, 0.15) is 21.5 Å². The molecule has 40 heavy (non-hydrogen) atoms. The van der Waals surface area contributed by atoms with Gasteiger partial charge in [-0.25, -0.2) is 18.7 Å². The number of halogens is 2. The van der Waals surface area contributed by atoms with Crippen molar-refractivity contribution in [2.45, 2.75) is 13.5 Å². The summed E-state index contributed by atoms with van der Waals surface area (Å²) in [5.74, 6) is -0.920. The van der Waals surface area contributed by atoms with Gasteiger partial charge in [-0.2, -0.15) is 0 Å². The lowest BCUT2D eigenvalue weighted by molar-refractivity contribution is 0.102. The zero-order valence-corrected chi connectivity index (χ0v) is 22.3. The summed E-state index contributed by atoms with van der Waals surface area (Å²) in [7, 11) is 1.48. The molecule has 0 radical (unpaired) electrons. The molecule has 1 aliphatic heterocycles. The van der Waals surface area contributed by atoms with Crippen LogP contribution in [0.2, 0.25) is 0 Å². The van der Waals surface area contributed by atoms with E-state index in [1.165, 1.54) is 43.6 Å². The Labute approximate surface area is 231 Å². The Bertz CT molecular complexity index is 1510. The number of methoxy groups -OCH3 is 1. The minimum Gasteiger partial charge on any atom is -0.493 e. The van der Waals surface area contributed by atoms with Crippen LogP contribution in [-0.2, 0) is 6.54 Å². The van der Waals surface area contributed by atoms with Crippen LogP contribution in [0.4, 0.5) is 26.1 Å². The van der Waals surface area contributed by atoms with Crippen LogP contribution < -0.4 is 20.7 Å². The number of benzene rings is 3. The molecule has 0 aliphatic carbocycles. The fourth-order valence-corrected chi connectivity index (χ4v) is 4.50. The summed E-state index contributed by atoms with van der Waals surface area (Å²) >= 11 is 0. The lowest BCUT2D eigenvalue weighted by atomic mass is 10.1. The first-order chi connectivity index (χ1) is 19.4. The average Bonchev–Trinajstić information content (AvgIpc) is 2.97. The Hall–Kier alpha value is -4.41. The van der Waals surface area contributed by atoms with Gasteiger partial charge in [0, 0.05) is 49.5 Å². The van der Waals surface area contributed by atoms with Crippen molar-refractivity contribution in [3.8, 4) is 17.0 Å². The van der Waals surface area contributed by atoms with Crippen molar-refractivity contribution in [2.24, 2.45) is 0 Å². The molecule has 10 heteroatoms. The summed E-state index contributed by atoms with van der Waals surface area (Å²) in [4.78, 5) is 24.0. The molecule has 2 heterocycles. The molecule has 5 rings (SSSR count). The Morgan fingerprint density at radius 1 is 1.02 bits per heavy atom. The lowest BCUT2D eigenvalue weighted by Gasteiger charge is -2.27. The smallest absolute Gasteiger partial charge is 0.255 e. The Kier molecular flexibility index (Phi) is 8.28. The van der Waals surface area contributed by atoms with Gasteiger partial charge >= 0.3 is 0 Å². The summed E-state index contributed by atoms with van der Waals surface area (Å²) in [6, 6.07) is 16.0. The summed E-state index contributed by atoms with van der Waals surface area (Å²) < 4.78 is 33.8. The van der Waals surface area contributed by atoms with Gasteiger partial charge in [-0.3, -0.25) is 9.69 Å².